The number of nitrogens with zero attached hydrogens (tertiary/aromatic N) is 3. The van der Waals surface area contributed by atoms with Crippen LogP contribution in [0.5, 0.6) is 0 Å². The molecule has 4 aromatic rings. The first-order valence-corrected chi connectivity index (χ1v) is 11.8. The van der Waals surface area contributed by atoms with Crippen molar-refractivity contribution in [2.24, 2.45) is 0 Å². The molecule has 12 heteroatoms. The molecular weight excluding hydrogens is 532 g/mol. The molecule has 4 rings (SSSR count). The van der Waals surface area contributed by atoms with Gasteiger partial charge in [0.05, 0.1) is 6.54 Å². The Morgan fingerprint density at radius 1 is 0.722 bits per heavy atom. The molecule has 0 bridgehead atoms. The highest BCUT2D eigenvalue weighted by Crippen LogP contribution is 2.08. The van der Waals surface area contributed by atoms with Gasteiger partial charge in [-0.3, -0.25) is 29.5 Å². The number of halogens is 1. The largest absolute Gasteiger partial charge is 0.344 e. The Kier molecular flexibility index (Phi) is 8.90. The van der Waals surface area contributed by atoms with Crippen LogP contribution < -0.4 is 28.1 Å². The molecule has 0 fully saturated rings. The minimum Gasteiger partial charge on any atom is -0.270 e. The summed E-state index contributed by atoms with van der Waals surface area (Å²) in [6.07, 6.45) is 1.30. The maximum Gasteiger partial charge on any atom is 0.344 e. The second-order valence-corrected chi connectivity index (χ2v) is 8.73. The fourth-order valence-corrected chi connectivity index (χ4v) is 3.69. The lowest BCUT2D eigenvalue weighted by Gasteiger charge is -2.06. The molecule has 0 saturated carbocycles. The quantitative estimate of drug-likeness (QED) is 0.301. The molecule has 0 radical (unpaired) electrons. The van der Waals surface area contributed by atoms with E-state index in [2.05, 4.69) is 31.1 Å². The van der Waals surface area contributed by atoms with Crippen LogP contribution in [-0.2, 0) is 25.9 Å². The fraction of sp³-hybridized carbons (Fsp3) is 0.250. The molecule has 2 aromatic heterocycles. The standard InChI is InChI=1S/C12H12BrN3O2.C12H13N3O3/c1-8-4-2-3-5-9(8)6-7-16-12(18)14-11(17)10(13)15-16;1-8-4-2-3-5-9(8)6-7-15-12(18)13-10(16)11(17)14-15/h2-5H,6-7H2,1H3,(H,14,17,18);2-5H,6-7H2,1H3,(H,14,17)(H,13,16,18). The van der Waals surface area contributed by atoms with Crippen molar-refractivity contribution in [1.29, 1.82) is 0 Å². The summed E-state index contributed by atoms with van der Waals surface area (Å²) in [6, 6.07) is 15.8. The third-order valence-corrected chi connectivity index (χ3v) is 6.00. The number of aryl methyl sites for hydroxylation is 6. The van der Waals surface area contributed by atoms with Gasteiger partial charge >= 0.3 is 22.5 Å². The Balaban J connectivity index is 0.000000201. The number of nitrogens with one attached hydrogen (secondary N) is 3. The normalized spacial score (nSPS) is 10.5. The van der Waals surface area contributed by atoms with Crippen molar-refractivity contribution in [3.8, 4) is 0 Å². The third kappa shape index (κ3) is 6.98. The first-order chi connectivity index (χ1) is 17.2. The van der Waals surface area contributed by atoms with Crippen LogP contribution in [0.1, 0.15) is 22.3 Å². The molecule has 0 amide bonds. The molecule has 3 N–H and O–H groups in total. The fourth-order valence-electron chi connectivity index (χ4n) is 3.40. The summed E-state index contributed by atoms with van der Waals surface area (Å²) in [5, 5.41) is 6.13. The first-order valence-electron chi connectivity index (χ1n) is 11.0. The Labute approximate surface area is 212 Å². The molecule has 2 heterocycles. The van der Waals surface area contributed by atoms with Crippen molar-refractivity contribution in [2.45, 2.75) is 39.8 Å². The molecule has 188 valence electrons. The van der Waals surface area contributed by atoms with E-state index in [-0.39, 0.29) is 4.60 Å². The minimum absolute atomic E-state index is 0.117. The number of benzene rings is 2. The first kappa shape index (κ1) is 26.5. The number of rotatable bonds is 6. The van der Waals surface area contributed by atoms with Crippen molar-refractivity contribution in [3.05, 3.63) is 127 Å². The van der Waals surface area contributed by atoms with Crippen LogP contribution in [-0.4, -0.2) is 29.5 Å². The van der Waals surface area contributed by atoms with E-state index in [9.17, 15) is 24.0 Å². The Hall–Kier alpha value is -4.06. The average Bonchev–Trinajstić information content (AvgIpc) is 2.84. The van der Waals surface area contributed by atoms with Gasteiger partial charge in [-0.15, -0.1) is 0 Å². The lowest BCUT2D eigenvalue weighted by molar-refractivity contribution is 0.544. The number of aromatic amines is 3. The number of hydrogen-bond acceptors (Lipinski definition) is 6. The summed E-state index contributed by atoms with van der Waals surface area (Å²) in [4.78, 5) is 60.3. The molecule has 0 aliphatic rings. The second-order valence-electron chi connectivity index (χ2n) is 7.98. The van der Waals surface area contributed by atoms with E-state index in [1.807, 2.05) is 67.4 Å². The van der Waals surface area contributed by atoms with Gasteiger partial charge in [0.25, 0.3) is 5.56 Å². The van der Waals surface area contributed by atoms with Gasteiger partial charge in [0.2, 0.25) is 0 Å². The predicted octanol–water partition coefficient (Wildman–Crippen LogP) is 1.02. The lowest BCUT2D eigenvalue weighted by Crippen LogP contribution is -2.43. The van der Waals surface area contributed by atoms with E-state index < -0.39 is 28.1 Å². The van der Waals surface area contributed by atoms with Gasteiger partial charge < -0.3 is 0 Å². The highest BCUT2D eigenvalue weighted by atomic mass is 79.9. The number of hydrogen-bond donors (Lipinski definition) is 3. The maximum atomic E-state index is 11.5. The van der Waals surface area contributed by atoms with Gasteiger partial charge in [-0.05, 0) is 64.9 Å². The smallest absolute Gasteiger partial charge is 0.270 e. The van der Waals surface area contributed by atoms with E-state index >= 15 is 0 Å². The molecule has 0 aliphatic carbocycles. The lowest BCUT2D eigenvalue weighted by atomic mass is 10.1. The van der Waals surface area contributed by atoms with E-state index in [1.165, 1.54) is 10.2 Å². The van der Waals surface area contributed by atoms with Crippen LogP contribution in [0.15, 0.2) is 77.1 Å². The zero-order valence-corrected chi connectivity index (χ0v) is 21.3. The van der Waals surface area contributed by atoms with E-state index in [0.717, 1.165) is 21.4 Å². The molecule has 36 heavy (non-hydrogen) atoms. The van der Waals surface area contributed by atoms with Crippen LogP contribution >= 0.6 is 15.9 Å². The van der Waals surface area contributed by atoms with Gasteiger partial charge in [0.15, 0.2) is 4.60 Å². The summed E-state index contributed by atoms with van der Waals surface area (Å²) in [5.41, 5.74) is 1.21. The summed E-state index contributed by atoms with van der Waals surface area (Å²) in [6.45, 7) is 4.75. The summed E-state index contributed by atoms with van der Waals surface area (Å²) < 4.78 is 2.47. The van der Waals surface area contributed by atoms with Crippen molar-refractivity contribution >= 4 is 15.9 Å². The molecule has 0 spiro atoms. The van der Waals surface area contributed by atoms with Crippen LogP contribution in [0.3, 0.4) is 0 Å². The van der Waals surface area contributed by atoms with Gasteiger partial charge in [-0.25, -0.2) is 19.0 Å². The SMILES string of the molecule is Cc1ccccc1CCn1[nH]c(=O)c(=O)[nH]c1=O.Cc1ccccc1CCn1nc(Br)c(=O)[nH]c1=O. The molecule has 11 nitrogen and oxygen atoms in total. The number of H-pyrrole nitrogens is 3. The molecular formula is C24H25BrN6O5. The van der Waals surface area contributed by atoms with Gasteiger partial charge in [0, 0.05) is 6.54 Å². The van der Waals surface area contributed by atoms with Crippen LogP contribution in [0.25, 0.3) is 0 Å². The van der Waals surface area contributed by atoms with Crippen molar-refractivity contribution in [1.82, 2.24) is 29.5 Å². The van der Waals surface area contributed by atoms with Crippen molar-refractivity contribution in [3.63, 3.8) is 0 Å². The van der Waals surface area contributed by atoms with Crippen molar-refractivity contribution in [2.75, 3.05) is 0 Å². The molecule has 0 atom stereocenters. The van der Waals surface area contributed by atoms with Crippen LogP contribution in [0.4, 0.5) is 0 Å². The van der Waals surface area contributed by atoms with Gasteiger partial charge in [-0.2, -0.15) is 5.10 Å². The van der Waals surface area contributed by atoms with Crippen LogP contribution in [0, 0.1) is 13.8 Å². The number of aromatic nitrogens is 6. The highest BCUT2D eigenvalue weighted by molar-refractivity contribution is 9.10. The summed E-state index contributed by atoms with van der Waals surface area (Å²) >= 11 is 3.01. The predicted molar refractivity (Wildman–Crippen MR) is 139 cm³/mol. The average molecular weight is 557 g/mol. The topological polar surface area (TPSA) is 155 Å². The van der Waals surface area contributed by atoms with Gasteiger partial charge in [0.1, 0.15) is 0 Å². The molecule has 0 saturated heterocycles. The summed E-state index contributed by atoms with van der Waals surface area (Å²) in [5.74, 6) is 0. The van der Waals surface area contributed by atoms with Gasteiger partial charge in [-0.1, -0.05) is 48.5 Å². The zero-order valence-electron chi connectivity index (χ0n) is 19.7. The Bertz CT molecular complexity index is 1650. The summed E-state index contributed by atoms with van der Waals surface area (Å²) in [7, 11) is 0. The Morgan fingerprint density at radius 2 is 1.25 bits per heavy atom. The zero-order chi connectivity index (χ0) is 26.2. The molecule has 2 aromatic carbocycles. The maximum absolute atomic E-state index is 11.5. The van der Waals surface area contributed by atoms with Crippen molar-refractivity contribution < 1.29 is 0 Å². The second kappa shape index (κ2) is 12.1. The molecule has 0 aliphatic heterocycles. The monoisotopic (exact) mass is 556 g/mol. The van der Waals surface area contributed by atoms with E-state index in [1.54, 1.807) is 0 Å². The van der Waals surface area contributed by atoms with E-state index in [0.29, 0.717) is 25.9 Å². The van der Waals surface area contributed by atoms with Crippen LogP contribution in [0.2, 0.25) is 0 Å². The molecule has 0 unspecified atom stereocenters. The Morgan fingerprint density at radius 3 is 1.83 bits per heavy atom. The van der Waals surface area contributed by atoms with E-state index in [4.69, 9.17) is 0 Å². The highest BCUT2D eigenvalue weighted by Gasteiger charge is 2.05. The minimum atomic E-state index is -0.924. The third-order valence-electron chi connectivity index (χ3n) is 5.48.